The number of rotatable bonds is 5. The zero-order valence-corrected chi connectivity index (χ0v) is 14.4. The molecule has 0 radical (unpaired) electrons. The fourth-order valence-electron chi connectivity index (χ4n) is 1.98. The van der Waals surface area contributed by atoms with E-state index in [2.05, 4.69) is 17.2 Å². The zero-order chi connectivity index (χ0) is 13.9. The van der Waals surface area contributed by atoms with E-state index in [1.807, 2.05) is 12.1 Å². The van der Waals surface area contributed by atoms with Gasteiger partial charge in [-0.2, -0.15) is 0 Å². The van der Waals surface area contributed by atoms with Crippen LogP contribution >= 0.6 is 0 Å². The van der Waals surface area contributed by atoms with Crippen LogP contribution in [0.1, 0.15) is 25.3 Å². The Morgan fingerprint density at radius 2 is 1.80 bits per heavy atom. The van der Waals surface area contributed by atoms with E-state index in [1.54, 1.807) is 12.1 Å². The van der Waals surface area contributed by atoms with Gasteiger partial charge in [0.15, 0.2) is 0 Å². The molecule has 0 atom stereocenters. The molecule has 0 spiro atoms. The third kappa shape index (κ3) is 5.07. The Morgan fingerprint density at radius 3 is 2.45 bits per heavy atom. The summed E-state index contributed by atoms with van der Waals surface area (Å²) in [4.78, 5) is 0. The normalized spacial score (nSPS) is 11.1. The molecule has 0 heterocycles. The Morgan fingerprint density at radius 1 is 1.10 bits per heavy atom. The van der Waals surface area contributed by atoms with E-state index in [0.717, 1.165) is 30.0 Å². The van der Waals surface area contributed by atoms with Crippen molar-refractivity contribution in [1.29, 1.82) is 0 Å². The van der Waals surface area contributed by atoms with Crippen molar-refractivity contribution in [2.24, 2.45) is 0 Å². The van der Waals surface area contributed by atoms with Gasteiger partial charge in [-0.3, -0.25) is 0 Å². The zero-order valence-electron chi connectivity index (χ0n) is 11.6. The molecule has 0 saturated heterocycles. The van der Waals surface area contributed by atoms with Crippen molar-refractivity contribution < 1.29 is 46.7 Å². The van der Waals surface area contributed by atoms with Crippen LogP contribution in [0.15, 0.2) is 36.4 Å². The maximum atomic E-state index is 10.6. The first-order valence-corrected chi connectivity index (χ1v) is 7.49. The number of benzene rings is 2. The molecule has 2 aromatic carbocycles. The summed E-state index contributed by atoms with van der Waals surface area (Å²) in [6.45, 7) is 2.13. The Hall–Kier alpha value is -0.590. The van der Waals surface area contributed by atoms with Gasteiger partial charge in [-0.05, 0) is 41.3 Å². The van der Waals surface area contributed by atoms with E-state index >= 15 is 0 Å². The van der Waals surface area contributed by atoms with Crippen molar-refractivity contribution in [2.45, 2.75) is 26.2 Å². The quantitative estimate of drug-likeness (QED) is 0.444. The Balaban J connectivity index is 0.00000200. The topological polar surface area (TPSA) is 66.4 Å². The first-order chi connectivity index (χ1) is 8.98. The van der Waals surface area contributed by atoms with Gasteiger partial charge in [-0.15, -0.1) is 0 Å². The molecule has 0 saturated carbocycles. The fourth-order valence-corrected chi connectivity index (χ4v) is 2.32. The first kappa shape index (κ1) is 17.5. The summed E-state index contributed by atoms with van der Waals surface area (Å²) >= 11 is 0. The van der Waals surface area contributed by atoms with Crippen molar-refractivity contribution in [3.63, 3.8) is 0 Å². The van der Waals surface area contributed by atoms with Crippen LogP contribution in [-0.2, 0) is 16.8 Å². The van der Waals surface area contributed by atoms with Crippen LogP contribution in [-0.4, -0.2) is 13.0 Å². The summed E-state index contributed by atoms with van der Waals surface area (Å²) in [6.07, 6.45) is 3.21. The molecule has 20 heavy (non-hydrogen) atoms. The second kappa shape index (κ2) is 7.43. The van der Waals surface area contributed by atoms with Gasteiger partial charge in [0, 0.05) is 0 Å². The van der Waals surface area contributed by atoms with Gasteiger partial charge in [-0.1, -0.05) is 37.6 Å². The molecule has 0 aromatic heterocycles. The molecule has 2 aromatic rings. The van der Waals surface area contributed by atoms with Gasteiger partial charge < -0.3 is 8.74 Å². The molecular weight excluding hydrogens is 287 g/mol. The van der Waals surface area contributed by atoms with E-state index in [0.29, 0.717) is 0 Å². The minimum absolute atomic E-state index is 0. The van der Waals surface area contributed by atoms with Crippen LogP contribution in [0.25, 0.3) is 10.8 Å². The van der Waals surface area contributed by atoms with Crippen LogP contribution in [0.5, 0.6) is 5.75 Å². The van der Waals surface area contributed by atoms with Crippen molar-refractivity contribution in [2.75, 3.05) is 0 Å². The summed E-state index contributed by atoms with van der Waals surface area (Å²) in [7, 11) is -4.72. The van der Waals surface area contributed by atoms with Crippen LogP contribution in [0.4, 0.5) is 0 Å². The standard InChI is InChI=1S/C14H16O4S.Na/c1-2-3-4-11-5-6-12-7-8-14(10-13(12)9-11)18-19(15,16)17;/h5-10H,2-4H2,1H3,(H,15,16,17);/q;+1/p-1. The van der Waals surface area contributed by atoms with E-state index < -0.39 is 10.4 Å². The van der Waals surface area contributed by atoms with Gasteiger partial charge >= 0.3 is 29.6 Å². The summed E-state index contributed by atoms with van der Waals surface area (Å²) in [5.74, 6) is 0.0511. The third-order valence-electron chi connectivity index (χ3n) is 2.89. The third-order valence-corrected chi connectivity index (χ3v) is 3.29. The van der Waals surface area contributed by atoms with Gasteiger partial charge in [0.2, 0.25) is 0 Å². The number of hydrogen-bond acceptors (Lipinski definition) is 4. The second-order valence-electron chi connectivity index (χ2n) is 4.44. The Labute approximate surface area is 141 Å². The number of aryl methyl sites for hydroxylation is 1. The molecule has 0 N–H and O–H groups in total. The fraction of sp³-hybridized carbons (Fsp3) is 0.286. The molecule has 0 unspecified atom stereocenters. The molecule has 102 valence electrons. The average Bonchev–Trinajstić information content (AvgIpc) is 2.34. The molecule has 4 nitrogen and oxygen atoms in total. The number of unbranched alkanes of at least 4 members (excludes halogenated alkanes) is 1. The smallest absolute Gasteiger partial charge is 0.716 e. The summed E-state index contributed by atoms with van der Waals surface area (Å²) in [6, 6.07) is 10.8. The maximum absolute atomic E-state index is 10.6. The van der Waals surface area contributed by atoms with Crippen LogP contribution in [0, 0.1) is 0 Å². The van der Waals surface area contributed by atoms with Crippen molar-refractivity contribution in [3.8, 4) is 5.75 Å². The maximum Gasteiger partial charge on any atom is 1.00 e. The van der Waals surface area contributed by atoms with E-state index in [-0.39, 0.29) is 35.3 Å². The Kier molecular flexibility index (Phi) is 6.48. The minimum Gasteiger partial charge on any atom is -0.716 e. The molecule has 6 heteroatoms. The van der Waals surface area contributed by atoms with E-state index in [1.165, 1.54) is 11.6 Å². The summed E-state index contributed by atoms with van der Waals surface area (Å²) in [5, 5.41) is 1.85. The van der Waals surface area contributed by atoms with Gasteiger partial charge in [0.1, 0.15) is 5.75 Å². The summed E-state index contributed by atoms with van der Waals surface area (Å²) in [5.41, 5.74) is 1.19. The van der Waals surface area contributed by atoms with Crippen molar-refractivity contribution >= 4 is 21.2 Å². The van der Waals surface area contributed by atoms with Gasteiger partial charge in [0.05, 0.1) is 0 Å². The second-order valence-corrected chi connectivity index (χ2v) is 5.42. The van der Waals surface area contributed by atoms with E-state index in [4.69, 9.17) is 0 Å². The minimum atomic E-state index is -4.72. The summed E-state index contributed by atoms with van der Waals surface area (Å²) < 4.78 is 36.0. The number of fused-ring (bicyclic) bond motifs is 1. The van der Waals surface area contributed by atoms with Crippen LogP contribution in [0.3, 0.4) is 0 Å². The predicted octanol–water partition coefficient (Wildman–Crippen LogP) is 0.0254. The van der Waals surface area contributed by atoms with E-state index in [9.17, 15) is 13.0 Å². The molecule has 2 rings (SSSR count). The largest absolute Gasteiger partial charge is 1.00 e. The molecular formula is C14H15NaO4S. The molecule has 0 aliphatic rings. The predicted molar refractivity (Wildman–Crippen MR) is 72.9 cm³/mol. The molecule has 0 amide bonds. The van der Waals surface area contributed by atoms with Crippen LogP contribution in [0.2, 0.25) is 0 Å². The first-order valence-electron chi connectivity index (χ1n) is 6.16. The van der Waals surface area contributed by atoms with Gasteiger partial charge in [-0.25, -0.2) is 8.42 Å². The molecule has 0 aliphatic carbocycles. The SMILES string of the molecule is CCCCc1ccc2ccc(OS(=O)(=O)[O-])cc2c1.[Na+]. The number of hydrogen-bond donors (Lipinski definition) is 0. The monoisotopic (exact) mass is 302 g/mol. The van der Waals surface area contributed by atoms with Gasteiger partial charge in [0.25, 0.3) is 10.4 Å². The van der Waals surface area contributed by atoms with Crippen LogP contribution < -0.4 is 33.7 Å². The molecule has 0 fully saturated rings. The average molecular weight is 302 g/mol. The van der Waals surface area contributed by atoms with Crippen molar-refractivity contribution in [1.82, 2.24) is 0 Å². The molecule has 0 bridgehead atoms. The van der Waals surface area contributed by atoms with Crippen molar-refractivity contribution in [3.05, 3.63) is 42.0 Å². The molecule has 0 aliphatic heterocycles. The Bertz CT molecular complexity index is 683.